The third-order valence-corrected chi connectivity index (χ3v) is 3.73. The van der Waals surface area contributed by atoms with E-state index in [-0.39, 0.29) is 12.5 Å². The van der Waals surface area contributed by atoms with Crippen LogP contribution in [0.4, 0.5) is 0 Å². The summed E-state index contributed by atoms with van der Waals surface area (Å²) in [6.07, 6.45) is 5.80. The van der Waals surface area contributed by atoms with E-state index < -0.39 is 0 Å². The first kappa shape index (κ1) is 14.9. The van der Waals surface area contributed by atoms with Gasteiger partial charge in [-0.05, 0) is 44.4 Å². The molecule has 0 unspecified atom stereocenters. The van der Waals surface area contributed by atoms with Crippen LogP contribution in [0.25, 0.3) is 0 Å². The van der Waals surface area contributed by atoms with Gasteiger partial charge in [0.05, 0.1) is 18.8 Å². The minimum absolute atomic E-state index is 0.0477. The van der Waals surface area contributed by atoms with Crippen molar-refractivity contribution in [2.24, 2.45) is 0 Å². The molecule has 1 aliphatic heterocycles. The molecule has 1 amide bonds. The first-order valence-corrected chi connectivity index (χ1v) is 7.31. The topological polar surface area (TPSA) is 65.5 Å². The molecule has 1 aliphatic rings. The number of amides is 1. The summed E-state index contributed by atoms with van der Waals surface area (Å²) in [5, 5.41) is 11.8. The van der Waals surface area contributed by atoms with Gasteiger partial charge in [-0.15, -0.1) is 0 Å². The SMILES string of the molecule is O=C(CN1CCC[C@@H]1CCCO)NCc1ccccn1. The Labute approximate surface area is 120 Å². The predicted molar refractivity (Wildman–Crippen MR) is 77.0 cm³/mol. The zero-order chi connectivity index (χ0) is 14.2. The summed E-state index contributed by atoms with van der Waals surface area (Å²) in [6.45, 7) is 2.14. The number of hydrogen-bond donors (Lipinski definition) is 2. The van der Waals surface area contributed by atoms with Gasteiger partial charge in [0.1, 0.15) is 0 Å². The molecular formula is C15H23N3O2. The van der Waals surface area contributed by atoms with E-state index in [9.17, 15) is 4.79 Å². The van der Waals surface area contributed by atoms with Crippen molar-refractivity contribution >= 4 is 5.91 Å². The molecule has 0 spiro atoms. The highest BCUT2D eigenvalue weighted by molar-refractivity contribution is 5.78. The summed E-state index contributed by atoms with van der Waals surface area (Å²) in [5.41, 5.74) is 0.874. The third kappa shape index (κ3) is 4.58. The fourth-order valence-electron chi connectivity index (χ4n) is 2.69. The van der Waals surface area contributed by atoms with E-state index in [1.165, 1.54) is 0 Å². The fraction of sp³-hybridized carbons (Fsp3) is 0.600. The van der Waals surface area contributed by atoms with E-state index in [2.05, 4.69) is 15.2 Å². The van der Waals surface area contributed by atoms with Crippen molar-refractivity contribution in [3.05, 3.63) is 30.1 Å². The second kappa shape index (κ2) is 7.97. The van der Waals surface area contributed by atoms with E-state index in [0.29, 0.717) is 19.1 Å². The number of aromatic nitrogens is 1. The first-order valence-electron chi connectivity index (χ1n) is 7.31. The largest absolute Gasteiger partial charge is 0.396 e. The average Bonchev–Trinajstić information content (AvgIpc) is 2.91. The Morgan fingerprint density at radius 2 is 2.40 bits per heavy atom. The van der Waals surface area contributed by atoms with Gasteiger partial charge in [-0.3, -0.25) is 14.7 Å². The van der Waals surface area contributed by atoms with Gasteiger partial charge in [0.25, 0.3) is 0 Å². The molecule has 0 radical (unpaired) electrons. The van der Waals surface area contributed by atoms with Crippen LogP contribution < -0.4 is 5.32 Å². The zero-order valence-electron chi connectivity index (χ0n) is 11.8. The van der Waals surface area contributed by atoms with Crippen LogP contribution >= 0.6 is 0 Å². The van der Waals surface area contributed by atoms with E-state index >= 15 is 0 Å². The number of carbonyl (C=O) groups is 1. The second-order valence-corrected chi connectivity index (χ2v) is 5.23. The number of hydrogen-bond acceptors (Lipinski definition) is 4. The Kier molecular flexibility index (Phi) is 5.95. The molecule has 1 atom stereocenters. The van der Waals surface area contributed by atoms with Crippen molar-refractivity contribution in [3.8, 4) is 0 Å². The van der Waals surface area contributed by atoms with Crippen LogP contribution in [0.5, 0.6) is 0 Å². The van der Waals surface area contributed by atoms with Crippen LogP contribution in [0.2, 0.25) is 0 Å². The van der Waals surface area contributed by atoms with E-state index in [1.807, 2.05) is 18.2 Å². The van der Waals surface area contributed by atoms with Gasteiger partial charge in [-0.25, -0.2) is 0 Å². The standard InChI is InChI=1S/C15H23N3O2/c19-10-4-7-14-6-3-9-18(14)12-15(20)17-11-13-5-1-2-8-16-13/h1-2,5,8,14,19H,3-4,6-7,9-12H2,(H,17,20)/t14-/m1/s1. The lowest BCUT2D eigenvalue weighted by Crippen LogP contribution is -2.39. The quantitative estimate of drug-likeness (QED) is 0.778. The molecule has 2 heterocycles. The van der Waals surface area contributed by atoms with Gasteiger partial charge in [-0.2, -0.15) is 0 Å². The minimum atomic E-state index is 0.0477. The van der Waals surface area contributed by atoms with Crippen LogP contribution in [-0.4, -0.2) is 46.6 Å². The molecule has 0 aliphatic carbocycles. The van der Waals surface area contributed by atoms with Crippen LogP contribution in [0, 0.1) is 0 Å². The maximum absolute atomic E-state index is 12.0. The molecule has 0 bridgehead atoms. The van der Waals surface area contributed by atoms with Crippen LogP contribution in [0.3, 0.4) is 0 Å². The first-order chi connectivity index (χ1) is 9.79. The molecule has 1 saturated heterocycles. The lowest BCUT2D eigenvalue weighted by atomic mass is 10.1. The smallest absolute Gasteiger partial charge is 0.234 e. The molecule has 1 fully saturated rings. The molecular weight excluding hydrogens is 254 g/mol. The van der Waals surface area contributed by atoms with Crippen LogP contribution in [0.15, 0.2) is 24.4 Å². The molecule has 0 aromatic carbocycles. The van der Waals surface area contributed by atoms with Gasteiger partial charge in [0.2, 0.25) is 5.91 Å². The number of aliphatic hydroxyl groups is 1. The molecule has 110 valence electrons. The number of pyridine rings is 1. The molecule has 1 aromatic heterocycles. The summed E-state index contributed by atoms with van der Waals surface area (Å²) in [5.74, 6) is 0.0477. The fourth-order valence-corrected chi connectivity index (χ4v) is 2.69. The van der Waals surface area contributed by atoms with Gasteiger partial charge in [0, 0.05) is 18.8 Å². The molecule has 5 nitrogen and oxygen atoms in total. The molecule has 1 aromatic rings. The monoisotopic (exact) mass is 277 g/mol. The number of nitrogens with zero attached hydrogens (tertiary/aromatic N) is 2. The summed E-state index contributed by atoms with van der Waals surface area (Å²) < 4.78 is 0. The summed E-state index contributed by atoms with van der Waals surface area (Å²) in [7, 11) is 0. The van der Waals surface area contributed by atoms with Crippen LogP contribution in [-0.2, 0) is 11.3 Å². The molecule has 5 heteroatoms. The Hall–Kier alpha value is -1.46. The summed E-state index contributed by atoms with van der Waals surface area (Å²) >= 11 is 0. The molecule has 2 N–H and O–H groups in total. The van der Waals surface area contributed by atoms with E-state index in [1.54, 1.807) is 6.20 Å². The van der Waals surface area contributed by atoms with Crippen molar-refractivity contribution in [1.82, 2.24) is 15.2 Å². The van der Waals surface area contributed by atoms with Crippen molar-refractivity contribution in [2.75, 3.05) is 19.7 Å². The Morgan fingerprint density at radius 1 is 1.50 bits per heavy atom. The van der Waals surface area contributed by atoms with E-state index in [0.717, 1.165) is 37.9 Å². The van der Waals surface area contributed by atoms with Crippen molar-refractivity contribution < 1.29 is 9.90 Å². The number of rotatable bonds is 7. The molecule has 0 saturated carbocycles. The Morgan fingerprint density at radius 3 is 3.15 bits per heavy atom. The number of aliphatic hydroxyl groups excluding tert-OH is 1. The minimum Gasteiger partial charge on any atom is -0.396 e. The lowest BCUT2D eigenvalue weighted by Gasteiger charge is -2.23. The maximum atomic E-state index is 12.0. The second-order valence-electron chi connectivity index (χ2n) is 5.23. The normalized spacial score (nSPS) is 19.1. The summed E-state index contributed by atoms with van der Waals surface area (Å²) in [6, 6.07) is 6.13. The number of nitrogens with one attached hydrogen (secondary N) is 1. The van der Waals surface area contributed by atoms with Gasteiger partial charge < -0.3 is 10.4 Å². The van der Waals surface area contributed by atoms with Gasteiger partial charge in [-0.1, -0.05) is 6.07 Å². The predicted octanol–water partition coefficient (Wildman–Crippen LogP) is 0.935. The van der Waals surface area contributed by atoms with E-state index in [4.69, 9.17) is 5.11 Å². The van der Waals surface area contributed by atoms with Gasteiger partial charge >= 0.3 is 0 Å². The Balaban J connectivity index is 1.73. The zero-order valence-corrected chi connectivity index (χ0v) is 11.8. The number of likely N-dealkylation sites (tertiary alicyclic amines) is 1. The lowest BCUT2D eigenvalue weighted by molar-refractivity contribution is -0.122. The number of carbonyl (C=O) groups excluding carboxylic acids is 1. The highest BCUT2D eigenvalue weighted by Crippen LogP contribution is 2.20. The van der Waals surface area contributed by atoms with Crippen molar-refractivity contribution in [1.29, 1.82) is 0 Å². The van der Waals surface area contributed by atoms with Gasteiger partial charge in [0.15, 0.2) is 0 Å². The van der Waals surface area contributed by atoms with Crippen LogP contribution in [0.1, 0.15) is 31.4 Å². The third-order valence-electron chi connectivity index (χ3n) is 3.73. The Bertz CT molecular complexity index is 411. The molecule has 2 rings (SSSR count). The highest BCUT2D eigenvalue weighted by atomic mass is 16.3. The summed E-state index contributed by atoms with van der Waals surface area (Å²) in [4.78, 5) is 18.4. The highest BCUT2D eigenvalue weighted by Gasteiger charge is 2.25. The average molecular weight is 277 g/mol. The van der Waals surface area contributed by atoms with Crippen molar-refractivity contribution in [3.63, 3.8) is 0 Å². The maximum Gasteiger partial charge on any atom is 0.234 e. The van der Waals surface area contributed by atoms with Crippen molar-refractivity contribution in [2.45, 2.75) is 38.3 Å². The molecule has 20 heavy (non-hydrogen) atoms.